The van der Waals surface area contributed by atoms with Gasteiger partial charge in [-0.15, -0.1) is 0 Å². The van der Waals surface area contributed by atoms with E-state index in [1.165, 1.54) is 7.11 Å². The van der Waals surface area contributed by atoms with E-state index in [4.69, 9.17) is 9.47 Å². The summed E-state index contributed by atoms with van der Waals surface area (Å²) in [5.74, 6) is -2.81. The first kappa shape index (κ1) is 18.2. The molecular weight excluding hydrogens is 324 g/mol. The Morgan fingerprint density at radius 2 is 1.61 bits per heavy atom. The monoisotopic (exact) mass is 347 g/mol. The maximum Gasteiger partial charge on any atom is 0.310 e. The second-order valence-electron chi connectivity index (χ2n) is 6.36. The van der Waals surface area contributed by atoms with Gasteiger partial charge >= 0.3 is 11.9 Å². The second-order valence-corrected chi connectivity index (χ2v) is 8.01. The lowest BCUT2D eigenvalue weighted by atomic mass is 9.79. The molecule has 7 nitrogen and oxygen atoms in total. The van der Waals surface area contributed by atoms with Crippen LogP contribution in [0, 0.1) is 11.8 Å². The second kappa shape index (κ2) is 7.61. The summed E-state index contributed by atoms with van der Waals surface area (Å²) >= 11 is 0. The van der Waals surface area contributed by atoms with Crippen LogP contribution < -0.4 is 0 Å². The number of esters is 2. The molecular formula is C15H23O7S-. The summed E-state index contributed by atoms with van der Waals surface area (Å²) in [6, 6.07) is 0. The van der Waals surface area contributed by atoms with Crippen molar-refractivity contribution in [1.82, 2.24) is 0 Å². The highest BCUT2D eigenvalue weighted by molar-refractivity contribution is 7.86. The lowest BCUT2D eigenvalue weighted by Crippen LogP contribution is -2.42. The molecule has 2 fully saturated rings. The summed E-state index contributed by atoms with van der Waals surface area (Å²) in [5, 5.41) is -1.15. The van der Waals surface area contributed by atoms with E-state index in [1.54, 1.807) is 0 Å². The summed E-state index contributed by atoms with van der Waals surface area (Å²) in [5.41, 5.74) is 0. The van der Waals surface area contributed by atoms with Crippen LogP contribution in [0.1, 0.15) is 51.4 Å². The molecule has 3 unspecified atom stereocenters. The van der Waals surface area contributed by atoms with E-state index in [0.29, 0.717) is 0 Å². The fourth-order valence-corrected chi connectivity index (χ4v) is 4.39. The van der Waals surface area contributed by atoms with Gasteiger partial charge in [0.05, 0.1) is 34.3 Å². The van der Waals surface area contributed by atoms with Crippen LogP contribution in [0.25, 0.3) is 0 Å². The Labute approximate surface area is 136 Å². The van der Waals surface area contributed by atoms with Gasteiger partial charge in [0.25, 0.3) is 0 Å². The Hall–Kier alpha value is -1.15. The van der Waals surface area contributed by atoms with Crippen molar-refractivity contribution in [2.45, 2.75) is 62.7 Å². The molecule has 8 heteroatoms. The largest absolute Gasteiger partial charge is 0.748 e. The van der Waals surface area contributed by atoms with Crippen LogP contribution in [-0.4, -0.2) is 43.4 Å². The molecule has 0 aromatic heterocycles. The maximum atomic E-state index is 12.4. The van der Waals surface area contributed by atoms with Crippen molar-refractivity contribution in [3.05, 3.63) is 0 Å². The summed E-state index contributed by atoms with van der Waals surface area (Å²) < 4.78 is 44.0. The number of carbonyl (C=O) groups excluding carboxylic acids is 2. The molecule has 0 N–H and O–H groups in total. The van der Waals surface area contributed by atoms with Crippen molar-refractivity contribution in [3.63, 3.8) is 0 Å². The summed E-state index contributed by atoms with van der Waals surface area (Å²) in [6.45, 7) is 0. The van der Waals surface area contributed by atoms with Crippen molar-refractivity contribution in [1.29, 1.82) is 0 Å². The molecule has 0 spiro atoms. The molecule has 2 saturated carbocycles. The van der Waals surface area contributed by atoms with Crippen LogP contribution in [0.5, 0.6) is 0 Å². The van der Waals surface area contributed by atoms with Gasteiger partial charge in [-0.1, -0.05) is 6.42 Å². The molecule has 0 saturated heterocycles. The molecule has 0 bridgehead atoms. The zero-order valence-electron chi connectivity index (χ0n) is 13.2. The average Bonchev–Trinajstić information content (AvgIpc) is 2.53. The predicted octanol–water partition coefficient (Wildman–Crippen LogP) is 1.37. The van der Waals surface area contributed by atoms with E-state index in [1.807, 2.05) is 0 Å². The zero-order valence-corrected chi connectivity index (χ0v) is 14.0. The lowest BCUT2D eigenvalue weighted by Gasteiger charge is -2.35. The first-order valence-electron chi connectivity index (χ1n) is 8.06. The smallest absolute Gasteiger partial charge is 0.310 e. The van der Waals surface area contributed by atoms with Gasteiger partial charge in [0, 0.05) is 0 Å². The number of carbonyl (C=O) groups is 2. The third kappa shape index (κ3) is 4.67. The topological polar surface area (TPSA) is 110 Å². The molecule has 2 aliphatic rings. The minimum atomic E-state index is -4.49. The first-order chi connectivity index (χ1) is 10.8. The van der Waals surface area contributed by atoms with Crippen LogP contribution >= 0.6 is 0 Å². The van der Waals surface area contributed by atoms with E-state index in [9.17, 15) is 22.6 Å². The van der Waals surface area contributed by atoms with Crippen molar-refractivity contribution in [3.8, 4) is 0 Å². The number of methoxy groups -OCH3 is 1. The van der Waals surface area contributed by atoms with Gasteiger partial charge in [-0.2, -0.15) is 0 Å². The van der Waals surface area contributed by atoms with Gasteiger partial charge in [-0.25, -0.2) is 8.42 Å². The summed E-state index contributed by atoms with van der Waals surface area (Å²) in [4.78, 5) is 24.3. The van der Waals surface area contributed by atoms with Crippen LogP contribution in [0.15, 0.2) is 0 Å². The third-order valence-corrected chi connectivity index (χ3v) is 6.10. The molecule has 0 heterocycles. The van der Waals surface area contributed by atoms with Crippen molar-refractivity contribution in [2.75, 3.05) is 7.11 Å². The fourth-order valence-electron chi connectivity index (χ4n) is 3.52. The Morgan fingerprint density at radius 3 is 2.17 bits per heavy atom. The number of ether oxygens (including phenoxy) is 2. The Kier molecular flexibility index (Phi) is 6.02. The van der Waals surface area contributed by atoms with Gasteiger partial charge < -0.3 is 14.0 Å². The standard InChI is InChI=1S/C15H24O7S/c1-21-14(16)12-8-7-11(23(18,19)20)9-13(12)15(17)22-10-5-3-2-4-6-10/h10-13H,2-9H2,1H3,(H,18,19,20)/p-1. The predicted molar refractivity (Wildman–Crippen MR) is 79.3 cm³/mol. The highest BCUT2D eigenvalue weighted by Crippen LogP contribution is 2.36. The van der Waals surface area contributed by atoms with Crippen LogP contribution in [0.2, 0.25) is 0 Å². The van der Waals surface area contributed by atoms with Crippen molar-refractivity contribution in [2.24, 2.45) is 11.8 Å². The molecule has 0 amide bonds. The van der Waals surface area contributed by atoms with Gasteiger partial charge in [-0.3, -0.25) is 9.59 Å². The van der Waals surface area contributed by atoms with E-state index < -0.39 is 39.1 Å². The highest BCUT2D eigenvalue weighted by Gasteiger charge is 2.43. The summed E-state index contributed by atoms with van der Waals surface area (Å²) in [7, 11) is -3.27. The summed E-state index contributed by atoms with van der Waals surface area (Å²) in [6.07, 6.45) is 4.51. The minimum absolute atomic E-state index is 0.0683. The fraction of sp³-hybridized carbons (Fsp3) is 0.867. The Bertz CT molecular complexity index is 536. The zero-order chi connectivity index (χ0) is 17.0. The number of hydrogen-bond donors (Lipinski definition) is 0. The molecule has 23 heavy (non-hydrogen) atoms. The normalized spacial score (nSPS) is 29.7. The number of hydrogen-bond acceptors (Lipinski definition) is 7. The SMILES string of the molecule is COC(=O)C1CCC(S(=O)(=O)[O-])CC1C(=O)OC1CCCCC1. The van der Waals surface area contributed by atoms with E-state index in [2.05, 4.69) is 0 Å². The molecule has 0 radical (unpaired) electrons. The molecule has 2 rings (SSSR count). The van der Waals surface area contributed by atoms with E-state index >= 15 is 0 Å². The Balaban J connectivity index is 2.10. The molecule has 0 aromatic carbocycles. The highest BCUT2D eigenvalue weighted by atomic mass is 32.2. The van der Waals surface area contributed by atoms with Crippen LogP contribution in [0.3, 0.4) is 0 Å². The number of rotatable bonds is 4. The van der Waals surface area contributed by atoms with Gasteiger partial charge in [0.2, 0.25) is 0 Å². The first-order valence-corrected chi connectivity index (χ1v) is 9.53. The van der Waals surface area contributed by atoms with Crippen molar-refractivity contribution >= 4 is 22.1 Å². The van der Waals surface area contributed by atoms with Gasteiger partial charge in [-0.05, 0) is 44.9 Å². The molecule has 0 aromatic rings. The molecule has 132 valence electrons. The molecule has 3 atom stereocenters. The van der Waals surface area contributed by atoms with Crippen molar-refractivity contribution < 1.29 is 32.0 Å². The van der Waals surface area contributed by atoms with E-state index in [0.717, 1.165) is 32.1 Å². The maximum absolute atomic E-state index is 12.4. The van der Waals surface area contributed by atoms with E-state index in [-0.39, 0.29) is 25.4 Å². The molecule has 0 aliphatic heterocycles. The average molecular weight is 347 g/mol. The van der Waals surface area contributed by atoms with Gasteiger partial charge in [0.1, 0.15) is 6.10 Å². The van der Waals surface area contributed by atoms with Gasteiger partial charge in [0.15, 0.2) is 0 Å². The van der Waals surface area contributed by atoms with Crippen LogP contribution in [0.4, 0.5) is 0 Å². The molecule has 2 aliphatic carbocycles. The lowest BCUT2D eigenvalue weighted by molar-refractivity contribution is -0.165. The van der Waals surface area contributed by atoms with Crippen LogP contribution in [-0.2, 0) is 29.2 Å². The third-order valence-electron chi connectivity index (χ3n) is 4.85. The minimum Gasteiger partial charge on any atom is -0.748 e. The quantitative estimate of drug-likeness (QED) is 0.558. The Morgan fingerprint density at radius 1 is 0.957 bits per heavy atom.